The van der Waals surface area contributed by atoms with E-state index in [1.54, 1.807) is 0 Å². The van der Waals surface area contributed by atoms with Crippen molar-refractivity contribution in [2.75, 3.05) is 13.6 Å². The zero-order valence-corrected chi connectivity index (χ0v) is 12.0. The second-order valence-corrected chi connectivity index (χ2v) is 5.79. The summed E-state index contributed by atoms with van der Waals surface area (Å²) in [4.78, 5) is 6.60. The lowest BCUT2D eigenvalue weighted by Gasteiger charge is -2.40. The summed E-state index contributed by atoms with van der Waals surface area (Å²) >= 11 is 0. The van der Waals surface area contributed by atoms with Gasteiger partial charge in [-0.2, -0.15) is 0 Å². The summed E-state index contributed by atoms with van der Waals surface area (Å²) in [7, 11) is 2.23. The molecule has 1 fully saturated rings. The number of pyridine rings is 1. The van der Waals surface area contributed by atoms with E-state index >= 15 is 0 Å². The summed E-state index contributed by atoms with van der Waals surface area (Å²) in [5.41, 5.74) is 2.64. The van der Waals surface area contributed by atoms with Crippen molar-refractivity contribution < 1.29 is 0 Å². The molecule has 3 heteroatoms. The predicted octanol–water partition coefficient (Wildman–Crippen LogP) is 2.21. The summed E-state index contributed by atoms with van der Waals surface area (Å²) in [6.07, 6.45) is 5.06. The minimum Gasteiger partial charge on any atom is -0.310 e. The van der Waals surface area contributed by atoms with E-state index < -0.39 is 0 Å². The quantitative estimate of drug-likeness (QED) is 0.887. The first-order chi connectivity index (χ1) is 8.58. The number of nitrogens with one attached hydrogen (secondary N) is 1. The highest BCUT2D eigenvalue weighted by molar-refractivity contribution is 5.21. The SMILES string of the molecule is Cc1cnccc1CNC1CC(C)N(C)CC1C. The van der Waals surface area contributed by atoms with Gasteiger partial charge in [-0.15, -0.1) is 0 Å². The second-order valence-electron chi connectivity index (χ2n) is 5.79. The molecule has 3 unspecified atom stereocenters. The average molecular weight is 247 g/mol. The largest absolute Gasteiger partial charge is 0.310 e. The Morgan fingerprint density at radius 2 is 2.22 bits per heavy atom. The van der Waals surface area contributed by atoms with Crippen LogP contribution in [0.5, 0.6) is 0 Å². The van der Waals surface area contributed by atoms with Crippen molar-refractivity contribution in [2.24, 2.45) is 5.92 Å². The standard InChI is InChI=1S/C15H25N3/c1-11-8-16-6-5-14(11)9-17-15-7-13(3)18(4)10-12(15)2/h5-6,8,12-13,15,17H,7,9-10H2,1-4H3. The Balaban J connectivity index is 1.92. The molecule has 0 amide bonds. The van der Waals surface area contributed by atoms with Crippen LogP contribution in [0.2, 0.25) is 0 Å². The molecular weight excluding hydrogens is 222 g/mol. The van der Waals surface area contributed by atoms with Gasteiger partial charge in [0.15, 0.2) is 0 Å². The zero-order valence-electron chi connectivity index (χ0n) is 12.0. The van der Waals surface area contributed by atoms with E-state index in [0.29, 0.717) is 18.0 Å². The molecule has 0 aliphatic carbocycles. The van der Waals surface area contributed by atoms with Crippen LogP contribution in [-0.2, 0) is 6.54 Å². The molecule has 1 aliphatic rings. The minimum absolute atomic E-state index is 0.628. The van der Waals surface area contributed by atoms with Gasteiger partial charge in [-0.1, -0.05) is 6.92 Å². The van der Waals surface area contributed by atoms with E-state index in [2.05, 4.69) is 49.1 Å². The molecular formula is C15H25N3. The number of hydrogen-bond donors (Lipinski definition) is 1. The summed E-state index contributed by atoms with van der Waals surface area (Å²) in [5.74, 6) is 0.716. The fourth-order valence-electron chi connectivity index (χ4n) is 2.77. The van der Waals surface area contributed by atoms with Gasteiger partial charge in [0.1, 0.15) is 0 Å². The van der Waals surface area contributed by atoms with Gasteiger partial charge in [0.2, 0.25) is 0 Å². The van der Waals surface area contributed by atoms with Crippen molar-refractivity contribution >= 4 is 0 Å². The molecule has 3 atom stereocenters. The first kappa shape index (κ1) is 13.5. The Hall–Kier alpha value is -0.930. The van der Waals surface area contributed by atoms with Crippen molar-refractivity contribution in [1.29, 1.82) is 0 Å². The topological polar surface area (TPSA) is 28.2 Å². The molecule has 1 N–H and O–H groups in total. The molecule has 100 valence electrons. The molecule has 2 heterocycles. The van der Waals surface area contributed by atoms with Gasteiger partial charge < -0.3 is 10.2 Å². The van der Waals surface area contributed by atoms with Gasteiger partial charge in [0.05, 0.1) is 0 Å². The maximum absolute atomic E-state index is 4.14. The van der Waals surface area contributed by atoms with Gasteiger partial charge in [-0.05, 0) is 50.4 Å². The summed E-state index contributed by atoms with van der Waals surface area (Å²) in [6.45, 7) is 8.94. The third kappa shape index (κ3) is 3.09. The fraction of sp³-hybridized carbons (Fsp3) is 0.667. The number of likely N-dealkylation sites (tertiary alicyclic amines) is 1. The molecule has 1 aliphatic heterocycles. The van der Waals surface area contributed by atoms with Crippen molar-refractivity contribution in [3.05, 3.63) is 29.6 Å². The molecule has 0 bridgehead atoms. The number of rotatable bonds is 3. The van der Waals surface area contributed by atoms with Crippen LogP contribution in [0.15, 0.2) is 18.5 Å². The zero-order chi connectivity index (χ0) is 13.1. The molecule has 1 aromatic rings. The third-order valence-electron chi connectivity index (χ3n) is 4.30. The van der Waals surface area contributed by atoms with Crippen LogP contribution in [-0.4, -0.2) is 35.6 Å². The van der Waals surface area contributed by atoms with E-state index in [1.807, 2.05) is 12.4 Å². The maximum Gasteiger partial charge on any atom is 0.0300 e. The van der Waals surface area contributed by atoms with Crippen molar-refractivity contribution in [3.63, 3.8) is 0 Å². The van der Waals surface area contributed by atoms with Crippen LogP contribution < -0.4 is 5.32 Å². The third-order valence-corrected chi connectivity index (χ3v) is 4.30. The van der Waals surface area contributed by atoms with Crippen molar-refractivity contribution in [1.82, 2.24) is 15.2 Å². The highest BCUT2D eigenvalue weighted by Gasteiger charge is 2.28. The van der Waals surface area contributed by atoms with Crippen LogP contribution in [0.4, 0.5) is 0 Å². The molecule has 0 aromatic carbocycles. The van der Waals surface area contributed by atoms with Crippen LogP contribution in [0.1, 0.15) is 31.4 Å². The Morgan fingerprint density at radius 3 is 2.94 bits per heavy atom. The van der Waals surface area contributed by atoms with E-state index in [-0.39, 0.29) is 0 Å². The molecule has 18 heavy (non-hydrogen) atoms. The summed E-state index contributed by atoms with van der Waals surface area (Å²) in [5, 5.41) is 3.72. The highest BCUT2D eigenvalue weighted by Crippen LogP contribution is 2.21. The molecule has 1 aromatic heterocycles. The van der Waals surface area contributed by atoms with Gasteiger partial charge in [-0.3, -0.25) is 4.98 Å². The van der Waals surface area contributed by atoms with Crippen LogP contribution in [0.3, 0.4) is 0 Å². The summed E-state index contributed by atoms with van der Waals surface area (Å²) < 4.78 is 0. The average Bonchev–Trinajstić information content (AvgIpc) is 2.34. The smallest absolute Gasteiger partial charge is 0.0300 e. The lowest BCUT2D eigenvalue weighted by atomic mass is 9.89. The molecule has 1 saturated heterocycles. The van der Waals surface area contributed by atoms with Gasteiger partial charge in [0, 0.05) is 37.6 Å². The van der Waals surface area contributed by atoms with Gasteiger partial charge in [-0.25, -0.2) is 0 Å². The number of nitrogens with zero attached hydrogens (tertiary/aromatic N) is 2. The van der Waals surface area contributed by atoms with E-state index in [4.69, 9.17) is 0 Å². The molecule has 0 saturated carbocycles. The van der Waals surface area contributed by atoms with Gasteiger partial charge in [0.25, 0.3) is 0 Å². The number of hydrogen-bond acceptors (Lipinski definition) is 3. The monoisotopic (exact) mass is 247 g/mol. The second kappa shape index (κ2) is 5.81. The molecule has 3 nitrogen and oxygen atoms in total. The summed E-state index contributed by atoms with van der Waals surface area (Å²) in [6, 6.07) is 3.42. The lowest BCUT2D eigenvalue weighted by molar-refractivity contribution is 0.121. The highest BCUT2D eigenvalue weighted by atomic mass is 15.2. The van der Waals surface area contributed by atoms with E-state index in [1.165, 1.54) is 24.1 Å². The Labute approximate surface area is 111 Å². The molecule has 0 spiro atoms. The first-order valence-corrected chi connectivity index (χ1v) is 6.91. The minimum atomic E-state index is 0.628. The van der Waals surface area contributed by atoms with Crippen molar-refractivity contribution in [3.8, 4) is 0 Å². The Morgan fingerprint density at radius 1 is 1.44 bits per heavy atom. The van der Waals surface area contributed by atoms with E-state index in [0.717, 1.165) is 6.54 Å². The lowest BCUT2D eigenvalue weighted by Crippen LogP contribution is -2.50. The van der Waals surface area contributed by atoms with Crippen LogP contribution in [0, 0.1) is 12.8 Å². The normalized spacial score (nSPS) is 29.4. The Kier molecular flexibility index (Phi) is 4.36. The maximum atomic E-state index is 4.14. The molecule has 0 radical (unpaired) electrons. The molecule has 2 rings (SSSR count). The van der Waals surface area contributed by atoms with Crippen LogP contribution in [0.25, 0.3) is 0 Å². The number of piperidine rings is 1. The first-order valence-electron chi connectivity index (χ1n) is 6.91. The Bertz CT molecular complexity index is 391. The van der Waals surface area contributed by atoms with E-state index in [9.17, 15) is 0 Å². The van der Waals surface area contributed by atoms with Crippen molar-refractivity contribution in [2.45, 2.75) is 45.8 Å². The predicted molar refractivity (Wildman–Crippen MR) is 75.5 cm³/mol. The number of aromatic nitrogens is 1. The van der Waals surface area contributed by atoms with Crippen LogP contribution >= 0.6 is 0 Å². The van der Waals surface area contributed by atoms with Gasteiger partial charge >= 0.3 is 0 Å². The fourth-order valence-corrected chi connectivity index (χ4v) is 2.77. The number of aryl methyl sites for hydroxylation is 1.